The van der Waals surface area contributed by atoms with E-state index in [9.17, 15) is 0 Å². The topological polar surface area (TPSA) is 90.9 Å². The van der Waals surface area contributed by atoms with E-state index in [1.54, 1.807) is 12.4 Å². The van der Waals surface area contributed by atoms with Crippen LogP contribution in [0.15, 0.2) is 17.5 Å². The van der Waals surface area contributed by atoms with Crippen LogP contribution in [0.2, 0.25) is 0 Å². The standard InChI is InChI=1S/C12H20N6O/c1-9-12(15-4-3-14-9)18-7-5-17(6-8-18)10(2)11(13)16-19/h3-4,10,19H,5-8H2,1-2H3,(H2,13,16). The molecule has 3 N–H and O–H groups in total. The zero-order valence-corrected chi connectivity index (χ0v) is 11.3. The Bertz CT molecular complexity index is 455. The van der Waals surface area contributed by atoms with Crippen LogP contribution in [0.5, 0.6) is 0 Å². The summed E-state index contributed by atoms with van der Waals surface area (Å²) in [5, 5.41) is 11.8. The Labute approximate surface area is 112 Å². The number of piperazine rings is 1. The molecule has 0 aliphatic carbocycles. The van der Waals surface area contributed by atoms with Crippen LogP contribution in [-0.2, 0) is 0 Å². The summed E-state index contributed by atoms with van der Waals surface area (Å²) in [7, 11) is 0. The molecule has 1 aromatic heterocycles. The van der Waals surface area contributed by atoms with E-state index in [1.807, 2.05) is 13.8 Å². The van der Waals surface area contributed by atoms with Crippen molar-refractivity contribution in [3.63, 3.8) is 0 Å². The highest BCUT2D eigenvalue weighted by Gasteiger charge is 2.24. The average molecular weight is 264 g/mol. The molecule has 7 nitrogen and oxygen atoms in total. The van der Waals surface area contributed by atoms with Gasteiger partial charge in [-0.1, -0.05) is 5.16 Å². The zero-order valence-electron chi connectivity index (χ0n) is 11.3. The van der Waals surface area contributed by atoms with E-state index < -0.39 is 0 Å². The largest absolute Gasteiger partial charge is 0.409 e. The Balaban J connectivity index is 1.98. The summed E-state index contributed by atoms with van der Waals surface area (Å²) in [5.41, 5.74) is 6.58. The van der Waals surface area contributed by atoms with E-state index in [1.165, 1.54) is 0 Å². The smallest absolute Gasteiger partial charge is 0.156 e. The molecule has 0 saturated carbocycles. The van der Waals surface area contributed by atoms with E-state index >= 15 is 0 Å². The molecule has 0 radical (unpaired) electrons. The highest BCUT2D eigenvalue weighted by Crippen LogP contribution is 2.16. The maximum absolute atomic E-state index is 8.71. The Hall–Kier alpha value is -1.89. The second-order valence-electron chi connectivity index (χ2n) is 4.69. The molecule has 2 heterocycles. The molecule has 1 aliphatic heterocycles. The van der Waals surface area contributed by atoms with E-state index in [2.05, 4.69) is 24.9 Å². The second-order valence-corrected chi connectivity index (χ2v) is 4.69. The van der Waals surface area contributed by atoms with Gasteiger partial charge < -0.3 is 15.8 Å². The number of aromatic nitrogens is 2. The molecular formula is C12H20N6O. The fourth-order valence-electron chi connectivity index (χ4n) is 2.30. The van der Waals surface area contributed by atoms with Crippen LogP contribution in [0, 0.1) is 6.92 Å². The quantitative estimate of drug-likeness (QED) is 0.347. The second kappa shape index (κ2) is 5.83. The highest BCUT2D eigenvalue weighted by atomic mass is 16.4. The Morgan fingerprint density at radius 1 is 1.32 bits per heavy atom. The van der Waals surface area contributed by atoms with Gasteiger partial charge in [0.15, 0.2) is 5.84 Å². The molecule has 1 aliphatic rings. The van der Waals surface area contributed by atoms with Crippen molar-refractivity contribution in [2.45, 2.75) is 19.9 Å². The van der Waals surface area contributed by atoms with E-state index in [-0.39, 0.29) is 11.9 Å². The number of rotatable bonds is 3. The molecule has 1 fully saturated rings. The third kappa shape index (κ3) is 2.93. The normalized spacial score (nSPS) is 19.5. The first-order valence-corrected chi connectivity index (χ1v) is 6.37. The first kappa shape index (κ1) is 13.5. The number of nitrogens with two attached hydrogens (primary N) is 1. The van der Waals surface area contributed by atoms with Gasteiger partial charge in [-0.25, -0.2) is 4.98 Å². The molecule has 0 amide bonds. The van der Waals surface area contributed by atoms with Crippen LogP contribution in [-0.4, -0.2) is 58.1 Å². The van der Waals surface area contributed by atoms with Gasteiger partial charge in [-0.05, 0) is 13.8 Å². The van der Waals surface area contributed by atoms with Crippen molar-refractivity contribution < 1.29 is 5.21 Å². The summed E-state index contributed by atoms with van der Waals surface area (Å²) >= 11 is 0. The summed E-state index contributed by atoms with van der Waals surface area (Å²) < 4.78 is 0. The molecule has 1 unspecified atom stereocenters. The van der Waals surface area contributed by atoms with Crippen LogP contribution in [0.25, 0.3) is 0 Å². The molecule has 19 heavy (non-hydrogen) atoms. The van der Waals surface area contributed by atoms with Gasteiger partial charge >= 0.3 is 0 Å². The van der Waals surface area contributed by atoms with Crippen LogP contribution >= 0.6 is 0 Å². The molecule has 0 aromatic carbocycles. The highest BCUT2D eigenvalue weighted by molar-refractivity contribution is 5.84. The number of oxime groups is 1. The van der Waals surface area contributed by atoms with Gasteiger partial charge in [0.2, 0.25) is 0 Å². The van der Waals surface area contributed by atoms with Crippen molar-refractivity contribution in [3.05, 3.63) is 18.1 Å². The lowest BCUT2D eigenvalue weighted by Gasteiger charge is -2.38. The third-order valence-corrected chi connectivity index (χ3v) is 3.56. The number of nitrogens with zero attached hydrogens (tertiary/aromatic N) is 5. The summed E-state index contributed by atoms with van der Waals surface area (Å²) in [6.07, 6.45) is 3.42. The minimum Gasteiger partial charge on any atom is -0.409 e. The van der Waals surface area contributed by atoms with Crippen molar-refractivity contribution in [2.24, 2.45) is 10.9 Å². The van der Waals surface area contributed by atoms with Crippen LogP contribution < -0.4 is 10.6 Å². The van der Waals surface area contributed by atoms with Crippen molar-refractivity contribution in [1.82, 2.24) is 14.9 Å². The van der Waals surface area contributed by atoms with Gasteiger partial charge in [0.25, 0.3) is 0 Å². The average Bonchev–Trinajstić information content (AvgIpc) is 2.46. The lowest BCUT2D eigenvalue weighted by molar-refractivity contribution is 0.229. The van der Waals surface area contributed by atoms with Crippen molar-refractivity contribution >= 4 is 11.7 Å². The van der Waals surface area contributed by atoms with Crippen molar-refractivity contribution in [1.29, 1.82) is 0 Å². The van der Waals surface area contributed by atoms with Crippen molar-refractivity contribution in [3.8, 4) is 0 Å². The van der Waals surface area contributed by atoms with Gasteiger partial charge in [0, 0.05) is 38.6 Å². The third-order valence-electron chi connectivity index (χ3n) is 3.56. The number of amidine groups is 1. The van der Waals surface area contributed by atoms with Crippen LogP contribution in [0.4, 0.5) is 5.82 Å². The van der Waals surface area contributed by atoms with Crippen molar-refractivity contribution in [2.75, 3.05) is 31.1 Å². The molecule has 1 aromatic rings. The fourth-order valence-corrected chi connectivity index (χ4v) is 2.30. The molecule has 1 saturated heterocycles. The molecular weight excluding hydrogens is 244 g/mol. The monoisotopic (exact) mass is 264 g/mol. The van der Waals surface area contributed by atoms with Gasteiger partial charge in [-0.3, -0.25) is 9.88 Å². The molecule has 1 atom stereocenters. The van der Waals surface area contributed by atoms with Gasteiger partial charge in [-0.15, -0.1) is 0 Å². The molecule has 104 valence electrons. The van der Waals surface area contributed by atoms with Crippen LogP contribution in [0.3, 0.4) is 0 Å². The summed E-state index contributed by atoms with van der Waals surface area (Å²) in [6.45, 7) is 7.35. The van der Waals surface area contributed by atoms with Gasteiger partial charge in [0.1, 0.15) is 5.82 Å². The zero-order chi connectivity index (χ0) is 13.8. The number of anilines is 1. The maximum Gasteiger partial charge on any atom is 0.156 e. The summed E-state index contributed by atoms with van der Waals surface area (Å²) in [5.74, 6) is 1.20. The molecule has 0 bridgehead atoms. The lowest BCUT2D eigenvalue weighted by Crippen LogP contribution is -2.53. The molecule has 2 rings (SSSR count). The number of hydrogen-bond donors (Lipinski definition) is 2. The number of aryl methyl sites for hydroxylation is 1. The fraction of sp³-hybridized carbons (Fsp3) is 0.583. The van der Waals surface area contributed by atoms with Gasteiger partial charge in [-0.2, -0.15) is 0 Å². The summed E-state index contributed by atoms with van der Waals surface area (Å²) in [6, 6.07) is -0.0462. The maximum atomic E-state index is 8.71. The van der Waals surface area contributed by atoms with Gasteiger partial charge in [0.05, 0.1) is 11.7 Å². The van der Waals surface area contributed by atoms with E-state index in [4.69, 9.17) is 10.9 Å². The SMILES string of the molecule is Cc1nccnc1N1CCN(C(C)C(N)=NO)CC1. The number of hydrogen-bond acceptors (Lipinski definition) is 6. The Morgan fingerprint density at radius 3 is 2.53 bits per heavy atom. The Kier molecular flexibility index (Phi) is 4.16. The Morgan fingerprint density at radius 2 is 1.95 bits per heavy atom. The predicted molar refractivity (Wildman–Crippen MR) is 73.4 cm³/mol. The predicted octanol–water partition coefficient (Wildman–Crippen LogP) is 0.0419. The first-order valence-electron chi connectivity index (χ1n) is 6.37. The van der Waals surface area contributed by atoms with E-state index in [0.717, 1.165) is 37.7 Å². The minimum atomic E-state index is -0.0462. The summed E-state index contributed by atoms with van der Waals surface area (Å²) in [4.78, 5) is 13.1. The lowest BCUT2D eigenvalue weighted by atomic mass is 10.2. The molecule has 0 spiro atoms. The van der Waals surface area contributed by atoms with E-state index in [0.29, 0.717) is 0 Å². The van der Waals surface area contributed by atoms with Crippen LogP contribution in [0.1, 0.15) is 12.6 Å². The first-order chi connectivity index (χ1) is 9.13. The minimum absolute atomic E-state index is 0.0462. The molecule has 7 heteroatoms.